The van der Waals surface area contributed by atoms with Crippen LogP contribution in [0.3, 0.4) is 0 Å². The van der Waals surface area contributed by atoms with Gasteiger partial charge in [0.25, 0.3) is 0 Å². The first-order valence-electron chi connectivity index (χ1n) is 7.39. The highest BCUT2D eigenvalue weighted by atomic mass is 79.9. The lowest BCUT2D eigenvalue weighted by Crippen LogP contribution is -2.00. The molecule has 0 bridgehead atoms. The van der Waals surface area contributed by atoms with Crippen molar-refractivity contribution in [2.45, 2.75) is 32.8 Å². The van der Waals surface area contributed by atoms with Gasteiger partial charge in [-0.1, -0.05) is 38.1 Å². The van der Waals surface area contributed by atoms with E-state index in [1.54, 1.807) is 0 Å². The standard InChI is InChI=1S/C18H19BrO4/c1-3-11(2)13-6-4-12(5-7-13)10-23-17-9-16(20)14(18(21)22)8-15(17)19/h4-9,11,20H,3,10H2,1-2H3,(H,21,22). The van der Waals surface area contributed by atoms with Crippen LogP contribution in [0.25, 0.3) is 0 Å². The summed E-state index contributed by atoms with van der Waals surface area (Å²) in [5, 5.41) is 18.7. The van der Waals surface area contributed by atoms with Crippen LogP contribution in [-0.4, -0.2) is 16.2 Å². The van der Waals surface area contributed by atoms with Gasteiger partial charge in [0.05, 0.1) is 4.47 Å². The van der Waals surface area contributed by atoms with Crippen molar-refractivity contribution in [1.82, 2.24) is 0 Å². The van der Waals surface area contributed by atoms with Crippen LogP contribution in [0.2, 0.25) is 0 Å². The number of benzene rings is 2. The SMILES string of the molecule is CCC(C)c1ccc(COc2cc(O)c(C(=O)O)cc2Br)cc1. The first-order valence-corrected chi connectivity index (χ1v) is 8.19. The van der Waals surface area contributed by atoms with E-state index in [-0.39, 0.29) is 11.3 Å². The number of halogens is 1. The van der Waals surface area contributed by atoms with Crippen LogP contribution in [0.5, 0.6) is 11.5 Å². The molecule has 23 heavy (non-hydrogen) atoms. The molecule has 0 amide bonds. The topological polar surface area (TPSA) is 66.8 Å². The van der Waals surface area contributed by atoms with Crippen LogP contribution in [0.15, 0.2) is 40.9 Å². The van der Waals surface area contributed by atoms with Crippen molar-refractivity contribution < 1.29 is 19.7 Å². The third kappa shape index (κ3) is 4.26. The average molecular weight is 379 g/mol. The zero-order chi connectivity index (χ0) is 17.0. The predicted molar refractivity (Wildman–Crippen MR) is 92.2 cm³/mol. The summed E-state index contributed by atoms with van der Waals surface area (Å²) in [6.45, 7) is 4.69. The second-order valence-electron chi connectivity index (χ2n) is 5.44. The van der Waals surface area contributed by atoms with Crippen molar-refractivity contribution in [2.24, 2.45) is 0 Å². The molecule has 0 aromatic heterocycles. The maximum atomic E-state index is 11.0. The van der Waals surface area contributed by atoms with Crippen molar-refractivity contribution in [3.8, 4) is 11.5 Å². The van der Waals surface area contributed by atoms with Gasteiger partial charge in [-0.25, -0.2) is 4.79 Å². The third-order valence-electron chi connectivity index (χ3n) is 3.84. The highest BCUT2D eigenvalue weighted by molar-refractivity contribution is 9.10. The first kappa shape index (κ1) is 17.3. The summed E-state index contributed by atoms with van der Waals surface area (Å²) in [5.41, 5.74) is 2.13. The molecule has 5 heteroatoms. The molecule has 0 spiro atoms. The molecule has 0 saturated heterocycles. The molecule has 122 valence electrons. The van der Waals surface area contributed by atoms with Gasteiger partial charge in [-0.15, -0.1) is 0 Å². The number of aromatic hydroxyl groups is 1. The highest BCUT2D eigenvalue weighted by Crippen LogP contribution is 2.33. The van der Waals surface area contributed by atoms with E-state index in [1.807, 2.05) is 12.1 Å². The molecule has 0 aliphatic rings. The molecule has 1 unspecified atom stereocenters. The number of carboxylic acid groups (broad SMARTS) is 1. The Kier molecular flexibility index (Phi) is 5.66. The Morgan fingerprint density at radius 1 is 1.26 bits per heavy atom. The van der Waals surface area contributed by atoms with Gasteiger partial charge >= 0.3 is 5.97 Å². The summed E-state index contributed by atoms with van der Waals surface area (Å²) >= 11 is 3.26. The van der Waals surface area contributed by atoms with Gasteiger partial charge in [0.2, 0.25) is 0 Å². The Hall–Kier alpha value is -2.01. The molecule has 0 aliphatic heterocycles. The van der Waals surface area contributed by atoms with E-state index < -0.39 is 5.97 Å². The highest BCUT2D eigenvalue weighted by Gasteiger charge is 2.14. The van der Waals surface area contributed by atoms with Gasteiger partial charge in [-0.2, -0.15) is 0 Å². The first-order chi connectivity index (χ1) is 10.9. The van der Waals surface area contributed by atoms with E-state index in [1.165, 1.54) is 17.7 Å². The molecule has 1 atom stereocenters. The lowest BCUT2D eigenvalue weighted by Gasteiger charge is -2.12. The van der Waals surface area contributed by atoms with Crippen molar-refractivity contribution in [3.05, 3.63) is 57.6 Å². The maximum absolute atomic E-state index is 11.0. The van der Waals surface area contributed by atoms with E-state index >= 15 is 0 Å². The molecule has 2 aromatic carbocycles. The normalized spacial score (nSPS) is 12.0. The Balaban J connectivity index is 2.09. The molecule has 2 N–H and O–H groups in total. The molecule has 4 nitrogen and oxygen atoms in total. The number of carbonyl (C=O) groups is 1. The molecule has 0 fully saturated rings. The quantitative estimate of drug-likeness (QED) is 0.746. The van der Waals surface area contributed by atoms with Crippen molar-refractivity contribution >= 4 is 21.9 Å². The zero-order valence-electron chi connectivity index (χ0n) is 13.0. The van der Waals surface area contributed by atoms with Gasteiger partial charge < -0.3 is 14.9 Å². The molecule has 0 heterocycles. The molecule has 2 rings (SSSR count). The Labute approximate surface area is 143 Å². The van der Waals surface area contributed by atoms with Gasteiger partial charge in [0.1, 0.15) is 23.7 Å². The van der Waals surface area contributed by atoms with Crippen LogP contribution in [0.1, 0.15) is 47.7 Å². The minimum absolute atomic E-state index is 0.165. The fourth-order valence-corrected chi connectivity index (χ4v) is 2.62. The molecule has 0 saturated carbocycles. The Morgan fingerprint density at radius 3 is 2.48 bits per heavy atom. The van der Waals surface area contributed by atoms with Crippen LogP contribution >= 0.6 is 15.9 Å². The summed E-state index contributed by atoms with van der Waals surface area (Å²) in [6.07, 6.45) is 1.10. The zero-order valence-corrected chi connectivity index (χ0v) is 14.6. The number of hydrogen-bond acceptors (Lipinski definition) is 3. The summed E-state index contributed by atoms with van der Waals surface area (Å²) in [6, 6.07) is 10.8. The lowest BCUT2D eigenvalue weighted by atomic mass is 9.98. The maximum Gasteiger partial charge on any atom is 0.339 e. The van der Waals surface area contributed by atoms with E-state index in [2.05, 4.69) is 41.9 Å². The van der Waals surface area contributed by atoms with Crippen molar-refractivity contribution in [1.29, 1.82) is 0 Å². The molecule has 0 radical (unpaired) electrons. The van der Waals surface area contributed by atoms with Crippen molar-refractivity contribution in [2.75, 3.05) is 0 Å². The molecular formula is C18H19BrO4. The third-order valence-corrected chi connectivity index (χ3v) is 4.46. The summed E-state index contributed by atoms with van der Waals surface area (Å²) < 4.78 is 6.16. The summed E-state index contributed by atoms with van der Waals surface area (Å²) in [7, 11) is 0. The average Bonchev–Trinajstić information content (AvgIpc) is 2.54. The second-order valence-corrected chi connectivity index (χ2v) is 6.30. The van der Waals surface area contributed by atoms with E-state index in [4.69, 9.17) is 9.84 Å². The Bertz CT molecular complexity index is 695. The minimum atomic E-state index is -1.18. The Morgan fingerprint density at radius 2 is 1.91 bits per heavy atom. The van der Waals surface area contributed by atoms with E-state index in [9.17, 15) is 9.90 Å². The summed E-state index contributed by atoms with van der Waals surface area (Å²) in [5.74, 6) is -0.573. The molecule has 0 aliphatic carbocycles. The largest absolute Gasteiger partial charge is 0.507 e. The van der Waals surface area contributed by atoms with Gasteiger partial charge in [-0.3, -0.25) is 0 Å². The lowest BCUT2D eigenvalue weighted by molar-refractivity contribution is 0.0693. The molecular weight excluding hydrogens is 360 g/mol. The fourth-order valence-electron chi connectivity index (χ4n) is 2.16. The van der Waals surface area contributed by atoms with Crippen molar-refractivity contribution in [3.63, 3.8) is 0 Å². The number of rotatable bonds is 6. The minimum Gasteiger partial charge on any atom is -0.507 e. The summed E-state index contributed by atoms with van der Waals surface area (Å²) in [4.78, 5) is 11.0. The van der Waals surface area contributed by atoms with Crippen LogP contribution < -0.4 is 4.74 Å². The predicted octanol–water partition coefficient (Wildman–Crippen LogP) is 4.95. The number of ether oxygens (including phenoxy) is 1. The van der Waals surface area contributed by atoms with Crippen LogP contribution in [0.4, 0.5) is 0 Å². The number of aromatic carboxylic acids is 1. The smallest absolute Gasteiger partial charge is 0.339 e. The number of hydrogen-bond donors (Lipinski definition) is 2. The van der Waals surface area contributed by atoms with Gasteiger partial charge in [0, 0.05) is 6.07 Å². The van der Waals surface area contributed by atoms with E-state index in [0.29, 0.717) is 22.7 Å². The molecule has 2 aromatic rings. The number of carboxylic acids is 1. The van der Waals surface area contributed by atoms with Crippen LogP contribution in [-0.2, 0) is 6.61 Å². The number of phenols is 1. The fraction of sp³-hybridized carbons (Fsp3) is 0.278. The van der Waals surface area contributed by atoms with Gasteiger partial charge in [-0.05, 0) is 45.5 Å². The van der Waals surface area contributed by atoms with Gasteiger partial charge in [0.15, 0.2) is 0 Å². The second kappa shape index (κ2) is 7.51. The monoisotopic (exact) mass is 378 g/mol. The van der Waals surface area contributed by atoms with E-state index in [0.717, 1.165) is 12.0 Å². The van der Waals surface area contributed by atoms with Crippen LogP contribution in [0, 0.1) is 0 Å².